The van der Waals surface area contributed by atoms with E-state index in [0.717, 1.165) is 12.1 Å². The fourth-order valence-corrected chi connectivity index (χ4v) is 3.49. The SMILES string of the molecule is O=C(NCCn1ncc2c(=O)n(Cc3ccc([N+](=O)[O-])cc3)cnc21)c1ccc(F)cc1Cl. The van der Waals surface area contributed by atoms with Crippen LogP contribution in [0.25, 0.3) is 11.0 Å². The van der Waals surface area contributed by atoms with Crippen molar-refractivity contribution in [2.45, 2.75) is 13.1 Å². The van der Waals surface area contributed by atoms with Gasteiger partial charge in [0.25, 0.3) is 17.2 Å². The van der Waals surface area contributed by atoms with Gasteiger partial charge in [0.05, 0.1) is 34.8 Å². The highest BCUT2D eigenvalue weighted by Crippen LogP contribution is 2.17. The Kier molecular flexibility index (Phi) is 6.13. The topological polar surface area (TPSA) is 125 Å². The number of hydrogen-bond donors (Lipinski definition) is 1. The number of rotatable bonds is 7. The molecule has 0 radical (unpaired) electrons. The first-order valence-electron chi connectivity index (χ1n) is 9.71. The maximum atomic E-state index is 13.1. The van der Waals surface area contributed by atoms with E-state index in [1.807, 2.05) is 0 Å². The molecule has 10 nitrogen and oxygen atoms in total. The van der Waals surface area contributed by atoms with Crippen LogP contribution in [0.15, 0.2) is 59.8 Å². The fraction of sp³-hybridized carbons (Fsp3) is 0.143. The van der Waals surface area contributed by atoms with Crippen molar-refractivity contribution < 1.29 is 14.1 Å². The molecule has 0 bridgehead atoms. The summed E-state index contributed by atoms with van der Waals surface area (Å²) in [5, 5.41) is 17.9. The lowest BCUT2D eigenvalue weighted by Gasteiger charge is -2.08. The van der Waals surface area contributed by atoms with Crippen LogP contribution in [0.2, 0.25) is 5.02 Å². The first-order valence-corrected chi connectivity index (χ1v) is 10.1. The van der Waals surface area contributed by atoms with E-state index in [2.05, 4.69) is 15.4 Å². The Morgan fingerprint density at radius 2 is 1.97 bits per heavy atom. The quantitative estimate of drug-likeness (QED) is 0.327. The van der Waals surface area contributed by atoms with Crippen LogP contribution in [0.4, 0.5) is 10.1 Å². The van der Waals surface area contributed by atoms with Gasteiger partial charge in [-0.25, -0.2) is 14.1 Å². The van der Waals surface area contributed by atoms with Gasteiger partial charge in [-0.05, 0) is 23.8 Å². The third-order valence-corrected chi connectivity index (χ3v) is 5.22. The molecule has 12 heteroatoms. The Balaban J connectivity index is 1.45. The number of nitrogens with zero attached hydrogens (tertiary/aromatic N) is 5. The van der Waals surface area contributed by atoms with E-state index < -0.39 is 16.6 Å². The number of nitro benzene ring substituents is 1. The number of halogens is 2. The molecule has 0 saturated carbocycles. The standard InChI is InChI=1S/C21H16ClFN6O4/c22-18-9-14(23)3-6-16(18)20(30)24-7-8-28-19-17(10-26-28)21(31)27(12-25-19)11-13-1-4-15(5-2-13)29(32)33/h1-6,9-10,12H,7-8,11H2,(H,24,30). The highest BCUT2D eigenvalue weighted by Gasteiger charge is 2.13. The zero-order chi connectivity index (χ0) is 23.5. The summed E-state index contributed by atoms with van der Waals surface area (Å²) in [7, 11) is 0. The average molecular weight is 471 g/mol. The summed E-state index contributed by atoms with van der Waals surface area (Å²) in [6, 6.07) is 9.40. The van der Waals surface area contributed by atoms with E-state index in [1.54, 1.807) is 12.1 Å². The second-order valence-electron chi connectivity index (χ2n) is 7.09. The third kappa shape index (κ3) is 4.72. The number of carbonyl (C=O) groups is 1. The summed E-state index contributed by atoms with van der Waals surface area (Å²) in [6.45, 7) is 0.614. The molecule has 4 rings (SSSR count). The third-order valence-electron chi connectivity index (χ3n) is 4.91. The predicted molar refractivity (Wildman–Crippen MR) is 118 cm³/mol. The summed E-state index contributed by atoms with van der Waals surface area (Å²) in [5.74, 6) is -1.00. The van der Waals surface area contributed by atoms with Crippen molar-refractivity contribution in [3.63, 3.8) is 0 Å². The zero-order valence-corrected chi connectivity index (χ0v) is 17.7. The van der Waals surface area contributed by atoms with Crippen LogP contribution >= 0.6 is 11.6 Å². The zero-order valence-electron chi connectivity index (χ0n) is 16.9. The Bertz CT molecular complexity index is 1420. The molecule has 0 aliphatic rings. The van der Waals surface area contributed by atoms with E-state index in [1.165, 1.54) is 40.0 Å². The number of non-ortho nitro benzene ring substituents is 1. The molecule has 0 saturated heterocycles. The summed E-state index contributed by atoms with van der Waals surface area (Å²) in [6.07, 6.45) is 2.77. The van der Waals surface area contributed by atoms with Crippen LogP contribution in [-0.2, 0) is 13.1 Å². The molecule has 0 fully saturated rings. The predicted octanol–water partition coefficient (Wildman–Crippen LogP) is 2.77. The van der Waals surface area contributed by atoms with Crippen molar-refractivity contribution in [1.82, 2.24) is 24.6 Å². The van der Waals surface area contributed by atoms with E-state index >= 15 is 0 Å². The molecule has 1 N–H and O–H groups in total. The Hall–Kier alpha value is -4.12. The van der Waals surface area contributed by atoms with Crippen molar-refractivity contribution >= 4 is 34.2 Å². The van der Waals surface area contributed by atoms with Gasteiger partial charge in [0, 0.05) is 18.7 Å². The maximum absolute atomic E-state index is 13.1. The van der Waals surface area contributed by atoms with E-state index in [4.69, 9.17) is 11.6 Å². The molecule has 2 aromatic carbocycles. The van der Waals surface area contributed by atoms with Crippen molar-refractivity contribution in [3.05, 3.63) is 97.4 Å². The Morgan fingerprint density at radius 1 is 1.21 bits per heavy atom. The second-order valence-corrected chi connectivity index (χ2v) is 7.49. The summed E-state index contributed by atoms with van der Waals surface area (Å²) >= 11 is 5.90. The number of nitro groups is 1. The molecule has 0 unspecified atom stereocenters. The smallest absolute Gasteiger partial charge is 0.269 e. The van der Waals surface area contributed by atoms with Crippen LogP contribution in [0.1, 0.15) is 15.9 Å². The number of benzene rings is 2. The molecule has 33 heavy (non-hydrogen) atoms. The van der Waals surface area contributed by atoms with Gasteiger partial charge in [-0.1, -0.05) is 23.7 Å². The van der Waals surface area contributed by atoms with Gasteiger partial charge in [-0.2, -0.15) is 5.10 Å². The van der Waals surface area contributed by atoms with E-state index in [0.29, 0.717) is 16.6 Å². The molecule has 4 aromatic rings. The normalized spacial score (nSPS) is 11.0. The van der Waals surface area contributed by atoms with Crippen molar-refractivity contribution in [2.75, 3.05) is 6.54 Å². The van der Waals surface area contributed by atoms with Crippen molar-refractivity contribution in [3.8, 4) is 0 Å². The van der Waals surface area contributed by atoms with Gasteiger partial charge in [0.1, 0.15) is 17.5 Å². The largest absolute Gasteiger partial charge is 0.350 e. The van der Waals surface area contributed by atoms with Gasteiger partial charge in [-0.15, -0.1) is 0 Å². The lowest BCUT2D eigenvalue weighted by Crippen LogP contribution is -2.28. The molecule has 0 aliphatic carbocycles. The Morgan fingerprint density at radius 3 is 2.67 bits per heavy atom. The van der Waals surface area contributed by atoms with Crippen LogP contribution in [0.5, 0.6) is 0 Å². The summed E-state index contributed by atoms with van der Waals surface area (Å²) < 4.78 is 16.0. The molecule has 168 valence electrons. The lowest BCUT2D eigenvalue weighted by atomic mass is 10.2. The van der Waals surface area contributed by atoms with Gasteiger partial charge >= 0.3 is 0 Å². The molecule has 2 heterocycles. The second kappa shape index (κ2) is 9.17. The average Bonchev–Trinajstić information content (AvgIpc) is 3.19. The van der Waals surface area contributed by atoms with Crippen LogP contribution < -0.4 is 10.9 Å². The molecule has 0 atom stereocenters. The number of hydrogen-bond acceptors (Lipinski definition) is 6. The number of carbonyl (C=O) groups excluding carboxylic acids is 1. The first kappa shape index (κ1) is 22.1. The van der Waals surface area contributed by atoms with Crippen molar-refractivity contribution in [1.29, 1.82) is 0 Å². The van der Waals surface area contributed by atoms with Crippen LogP contribution in [0.3, 0.4) is 0 Å². The summed E-state index contributed by atoms with van der Waals surface area (Å²) in [4.78, 5) is 39.6. The monoisotopic (exact) mass is 470 g/mol. The maximum Gasteiger partial charge on any atom is 0.269 e. The van der Waals surface area contributed by atoms with Crippen LogP contribution in [-0.4, -0.2) is 36.7 Å². The molecule has 1 amide bonds. The lowest BCUT2D eigenvalue weighted by molar-refractivity contribution is -0.384. The minimum Gasteiger partial charge on any atom is -0.350 e. The van der Waals surface area contributed by atoms with Gasteiger partial charge in [-0.3, -0.25) is 24.3 Å². The molecule has 2 aromatic heterocycles. The molecule has 0 spiro atoms. The molecular weight excluding hydrogens is 455 g/mol. The van der Waals surface area contributed by atoms with Crippen LogP contribution in [0, 0.1) is 15.9 Å². The number of aromatic nitrogens is 4. The summed E-state index contributed by atoms with van der Waals surface area (Å²) in [5.41, 5.74) is 0.865. The molecule has 0 aliphatic heterocycles. The molecular formula is C21H16ClFN6O4. The first-order chi connectivity index (χ1) is 15.8. The van der Waals surface area contributed by atoms with Gasteiger partial charge in [0.15, 0.2) is 5.65 Å². The van der Waals surface area contributed by atoms with Gasteiger partial charge in [0.2, 0.25) is 0 Å². The van der Waals surface area contributed by atoms with Crippen molar-refractivity contribution in [2.24, 2.45) is 0 Å². The Labute approximate surface area is 190 Å². The minimum absolute atomic E-state index is 0.00674. The van der Waals surface area contributed by atoms with E-state index in [-0.39, 0.29) is 41.5 Å². The number of fused-ring (bicyclic) bond motifs is 1. The highest BCUT2D eigenvalue weighted by atomic mass is 35.5. The minimum atomic E-state index is -0.537. The number of nitrogens with one attached hydrogen (secondary N) is 1. The number of amides is 1. The van der Waals surface area contributed by atoms with E-state index in [9.17, 15) is 24.1 Å². The highest BCUT2D eigenvalue weighted by molar-refractivity contribution is 6.33. The van der Waals surface area contributed by atoms with Gasteiger partial charge < -0.3 is 5.32 Å². The fourth-order valence-electron chi connectivity index (χ4n) is 3.24.